The largest absolute Gasteiger partial charge is 0.210 e. The fourth-order valence-corrected chi connectivity index (χ4v) is 1.38. The zero-order chi connectivity index (χ0) is 8.97. The van der Waals surface area contributed by atoms with E-state index in [9.17, 15) is 4.39 Å². The first-order valence-electron chi connectivity index (χ1n) is 4.28. The number of benzene rings is 1. The fourth-order valence-electron chi connectivity index (χ4n) is 1.38. The summed E-state index contributed by atoms with van der Waals surface area (Å²) in [5, 5.41) is 0. The Bertz CT molecular complexity index is 312. The molecule has 12 heavy (non-hydrogen) atoms. The minimum Gasteiger partial charge on any atom is -0.210 e. The minimum atomic E-state index is -0.318. The Labute approximate surface area is 73.0 Å². The van der Waals surface area contributed by atoms with Gasteiger partial charge in [-0.2, -0.15) is 0 Å². The summed E-state index contributed by atoms with van der Waals surface area (Å²) in [5.41, 5.74) is 2.29. The molecule has 0 aliphatic heterocycles. The summed E-state index contributed by atoms with van der Waals surface area (Å²) in [7, 11) is -0.318. The second-order valence-electron chi connectivity index (χ2n) is 3.14. The number of halogens is 1. The normalized spacial score (nSPS) is 9.42. The van der Waals surface area contributed by atoms with Crippen LogP contribution >= 0.6 is 0 Å². The highest BCUT2D eigenvalue weighted by atomic mass is 19.1. The molecule has 0 atom stereocenters. The third kappa shape index (κ3) is 2.13. The van der Waals surface area contributed by atoms with Crippen LogP contribution in [0, 0.1) is 25.1 Å². The van der Waals surface area contributed by atoms with Crippen molar-refractivity contribution in [2.75, 3.05) is 0 Å². The van der Waals surface area contributed by atoms with Crippen LogP contribution in [0.2, 0.25) is 6.32 Å². The third-order valence-corrected chi connectivity index (χ3v) is 2.23. The summed E-state index contributed by atoms with van der Waals surface area (Å²) >= 11 is 0. The van der Waals surface area contributed by atoms with Crippen LogP contribution in [0.5, 0.6) is 0 Å². The summed E-state index contributed by atoms with van der Waals surface area (Å²) < 4.78 is 12.7. The highest BCUT2D eigenvalue weighted by Crippen LogP contribution is 1.98. The lowest BCUT2D eigenvalue weighted by Crippen LogP contribution is -2.17. The van der Waals surface area contributed by atoms with E-state index in [0.29, 0.717) is 0 Å². The Kier molecular flexibility index (Phi) is 2.93. The average Bonchev–Trinajstić information content (AvgIpc) is 2.07. The molecule has 0 heterocycles. The number of terminal acetylenes is 1. The maximum absolute atomic E-state index is 12.7. The van der Waals surface area contributed by atoms with E-state index in [-0.39, 0.29) is 13.1 Å². The van der Waals surface area contributed by atoms with Gasteiger partial charge in [0.25, 0.3) is 0 Å². The van der Waals surface area contributed by atoms with Crippen LogP contribution < -0.4 is 5.46 Å². The SMILES string of the molecule is C#CC[BH2-]c1cc(F)ccc1C. The highest BCUT2D eigenvalue weighted by molar-refractivity contribution is 6.54. The van der Waals surface area contributed by atoms with Crippen LogP contribution in [0.4, 0.5) is 4.39 Å². The van der Waals surface area contributed by atoms with E-state index in [0.717, 1.165) is 17.3 Å². The quantitative estimate of drug-likeness (QED) is 0.448. The van der Waals surface area contributed by atoms with Crippen LogP contribution in [0.1, 0.15) is 5.56 Å². The molecule has 0 amide bonds. The van der Waals surface area contributed by atoms with Gasteiger partial charge in [0.2, 0.25) is 0 Å². The first kappa shape index (κ1) is 8.87. The summed E-state index contributed by atoms with van der Waals surface area (Å²) in [5.74, 6) is 2.44. The molecule has 0 aromatic heterocycles. The molecule has 1 rings (SSSR count). The Balaban J connectivity index is 2.84. The van der Waals surface area contributed by atoms with Crippen LogP contribution in [-0.2, 0) is 0 Å². The first-order chi connectivity index (χ1) is 5.74. The Morgan fingerprint density at radius 2 is 2.33 bits per heavy atom. The van der Waals surface area contributed by atoms with Crippen molar-refractivity contribution in [1.82, 2.24) is 0 Å². The maximum Gasteiger partial charge on any atom is 0.120 e. The van der Waals surface area contributed by atoms with Crippen molar-refractivity contribution in [3.63, 3.8) is 0 Å². The van der Waals surface area contributed by atoms with Crippen LogP contribution in [0.25, 0.3) is 0 Å². The molecule has 0 radical (unpaired) electrons. The summed E-state index contributed by atoms with van der Waals surface area (Å²) in [6.07, 6.45) is 5.95. The predicted molar refractivity (Wildman–Crippen MR) is 53.0 cm³/mol. The lowest BCUT2D eigenvalue weighted by atomic mass is 9.66. The minimum absolute atomic E-state index is 0.156. The van der Waals surface area contributed by atoms with Crippen molar-refractivity contribution in [2.24, 2.45) is 0 Å². The molecular weight excluding hydrogens is 150 g/mol. The zero-order valence-electron chi connectivity index (χ0n) is 7.39. The smallest absolute Gasteiger partial charge is 0.120 e. The fraction of sp³-hybridized carbons (Fsp3) is 0.200. The van der Waals surface area contributed by atoms with Crippen molar-refractivity contribution in [2.45, 2.75) is 13.2 Å². The van der Waals surface area contributed by atoms with Gasteiger partial charge < -0.3 is 0 Å². The van der Waals surface area contributed by atoms with Gasteiger partial charge in [-0.05, 0) is 13.0 Å². The average molecular weight is 161 g/mol. The summed E-state index contributed by atoms with van der Waals surface area (Å²) in [6.45, 7) is 1.99. The standard InChI is InChI=1S/C10H11BF/c1-3-6-11-10-7-9(12)5-4-8(10)2/h1,4-5,7H,6,11H2,2H3/q-1. The van der Waals surface area contributed by atoms with E-state index in [4.69, 9.17) is 6.42 Å². The maximum atomic E-state index is 12.7. The van der Waals surface area contributed by atoms with Gasteiger partial charge in [-0.3, -0.25) is 0 Å². The predicted octanol–water partition coefficient (Wildman–Crippen LogP) is 0.980. The van der Waals surface area contributed by atoms with Crippen molar-refractivity contribution in [3.05, 3.63) is 29.6 Å². The molecule has 0 saturated carbocycles. The second-order valence-corrected chi connectivity index (χ2v) is 3.14. The molecule has 2 heteroatoms. The molecule has 0 aliphatic carbocycles. The number of aryl methyl sites for hydroxylation is 1. The van der Waals surface area contributed by atoms with E-state index in [1.165, 1.54) is 6.07 Å². The monoisotopic (exact) mass is 161 g/mol. The Morgan fingerprint density at radius 3 is 3.00 bits per heavy atom. The highest BCUT2D eigenvalue weighted by Gasteiger charge is 1.93. The molecule has 0 saturated heterocycles. The second kappa shape index (κ2) is 3.97. The van der Waals surface area contributed by atoms with Gasteiger partial charge in [-0.15, -0.1) is 18.7 Å². The van der Waals surface area contributed by atoms with Gasteiger partial charge in [-0.25, -0.2) is 9.85 Å². The van der Waals surface area contributed by atoms with E-state index >= 15 is 0 Å². The van der Waals surface area contributed by atoms with Gasteiger partial charge in [0.1, 0.15) is 5.82 Å². The molecule has 0 aliphatic rings. The molecule has 1 aromatic carbocycles. The van der Waals surface area contributed by atoms with Crippen molar-refractivity contribution in [1.29, 1.82) is 0 Å². The van der Waals surface area contributed by atoms with Gasteiger partial charge in [0.15, 0.2) is 0 Å². The van der Waals surface area contributed by atoms with E-state index < -0.39 is 0 Å². The molecule has 0 N–H and O–H groups in total. The first-order valence-corrected chi connectivity index (χ1v) is 4.28. The topological polar surface area (TPSA) is 0 Å². The molecule has 0 fully saturated rings. The van der Waals surface area contributed by atoms with Crippen LogP contribution in [-0.4, -0.2) is 7.28 Å². The van der Waals surface area contributed by atoms with E-state index in [1.807, 2.05) is 13.0 Å². The van der Waals surface area contributed by atoms with Gasteiger partial charge in [0, 0.05) is 7.28 Å². The lowest BCUT2D eigenvalue weighted by Gasteiger charge is -2.08. The Hall–Kier alpha value is -1.23. The summed E-state index contributed by atoms with van der Waals surface area (Å²) in [4.78, 5) is 0. The van der Waals surface area contributed by atoms with E-state index in [2.05, 4.69) is 5.92 Å². The van der Waals surface area contributed by atoms with Gasteiger partial charge in [0.05, 0.1) is 0 Å². The molecule has 62 valence electrons. The molecular formula is C10H11BF-. The zero-order valence-corrected chi connectivity index (χ0v) is 7.39. The van der Waals surface area contributed by atoms with Crippen molar-refractivity contribution < 1.29 is 4.39 Å². The van der Waals surface area contributed by atoms with E-state index in [1.54, 1.807) is 6.07 Å². The molecule has 0 unspecified atom stereocenters. The van der Waals surface area contributed by atoms with Crippen molar-refractivity contribution >= 4 is 12.7 Å². The number of rotatable bonds is 2. The Morgan fingerprint density at radius 1 is 1.58 bits per heavy atom. The van der Waals surface area contributed by atoms with Crippen LogP contribution in [0.3, 0.4) is 0 Å². The van der Waals surface area contributed by atoms with Gasteiger partial charge in [-0.1, -0.05) is 17.7 Å². The molecule has 0 nitrogen and oxygen atoms in total. The number of hydrogen-bond donors (Lipinski definition) is 0. The van der Waals surface area contributed by atoms with Crippen LogP contribution in [0.15, 0.2) is 18.2 Å². The lowest BCUT2D eigenvalue weighted by molar-refractivity contribution is 0.628. The van der Waals surface area contributed by atoms with Gasteiger partial charge >= 0.3 is 0 Å². The molecule has 0 spiro atoms. The third-order valence-electron chi connectivity index (χ3n) is 2.23. The van der Waals surface area contributed by atoms with Crippen molar-refractivity contribution in [3.8, 4) is 12.3 Å². The summed E-state index contributed by atoms with van der Waals surface area (Å²) in [6, 6.07) is 4.90. The number of hydrogen-bond acceptors (Lipinski definition) is 0. The molecule has 1 aromatic rings. The molecule has 0 bridgehead atoms.